The maximum absolute atomic E-state index is 13.0. The molecule has 6 nitrogen and oxygen atoms in total. The number of esters is 1. The predicted molar refractivity (Wildman–Crippen MR) is 251 cm³/mol. The summed E-state index contributed by atoms with van der Waals surface area (Å²) < 4.78 is 27.4. The molecule has 0 fully saturated rings. The molecule has 0 radical (unpaired) electrons. The summed E-state index contributed by atoms with van der Waals surface area (Å²) in [4.78, 5) is 13.0. The summed E-state index contributed by atoms with van der Waals surface area (Å²) in [5.41, 5.74) is 0. The van der Waals surface area contributed by atoms with Gasteiger partial charge in [0.1, 0.15) is 0 Å². The molecule has 1 N–H and O–H groups in total. The number of carbonyl (C=O) groups excluding carboxylic acids is 1. The van der Waals surface area contributed by atoms with Crippen molar-refractivity contribution in [1.29, 1.82) is 0 Å². The summed E-state index contributed by atoms with van der Waals surface area (Å²) in [5.74, 6) is -0.411. The Balaban J connectivity index is 5.57. The minimum Gasteiger partial charge on any atom is -0.465 e. The van der Waals surface area contributed by atoms with Crippen molar-refractivity contribution in [2.45, 2.75) is 200 Å². The Hall–Kier alpha value is -1.60. The first kappa shape index (κ1) is 54.4. The molecule has 0 aliphatic heterocycles. The van der Waals surface area contributed by atoms with E-state index in [0.717, 1.165) is 38.5 Å². The van der Waals surface area contributed by atoms with E-state index in [0.29, 0.717) is 12.8 Å². The van der Waals surface area contributed by atoms with Gasteiger partial charge in [0.2, 0.25) is 0 Å². The zero-order valence-corrected chi connectivity index (χ0v) is 42.3. The molecule has 0 saturated carbocycles. The molecule has 0 bridgehead atoms. The molecule has 0 amide bonds. The van der Waals surface area contributed by atoms with Crippen LogP contribution in [0.25, 0.3) is 0 Å². The second kappa shape index (κ2) is 25.8. The Morgan fingerprint density at radius 3 is 1.25 bits per heavy atom. The van der Waals surface area contributed by atoms with E-state index in [1.54, 1.807) is 0 Å². The number of aliphatic hydroxyl groups excluding tert-OH is 1. The van der Waals surface area contributed by atoms with Crippen molar-refractivity contribution >= 4 is 30.9 Å². The standard InChI is InChI=1S/C47H88O6Si3/c1-18-19-20-21-22-23-24-25-26-27-28-29-30-31-32-33-34-35-36-37-42(49)50-39-40(2)43(52-55(14,15)46(6,7)8)44(53-56(16,17)47(9,10)11)41(38-48)51-54(12,13)45(3,4)5/h19-20,22-23,25-26,28-29,31-32,34-35,40-41,43-44,48H,18,21,24,27,30,33,36-39H2,1-17H3/b20-19-,23-22-,26-25-,29-28-,32-31-,35-34-/t40-,41-,43-,44-/m1/s1. The Bertz CT molecular complexity index is 1270. The van der Waals surface area contributed by atoms with Gasteiger partial charge in [-0.15, -0.1) is 0 Å². The normalized spacial score (nSPS) is 16.7. The summed E-state index contributed by atoms with van der Waals surface area (Å²) in [6.07, 6.45) is 31.4. The zero-order valence-electron chi connectivity index (χ0n) is 39.3. The van der Waals surface area contributed by atoms with Crippen LogP contribution < -0.4 is 0 Å². The largest absolute Gasteiger partial charge is 0.465 e. The van der Waals surface area contributed by atoms with Crippen LogP contribution in [0.4, 0.5) is 0 Å². The molecular formula is C47H88O6Si3. The molecule has 9 heteroatoms. The van der Waals surface area contributed by atoms with Gasteiger partial charge in [0.05, 0.1) is 31.5 Å². The van der Waals surface area contributed by atoms with Crippen LogP contribution in [0.1, 0.15) is 128 Å². The van der Waals surface area contributed by atoms with E-state index in [-0.39, 0.29) is 40.2 Å². The van der Waals surface area contributed by atoms with E-state index in [1.807, 2.05) is 0 Å². The lowest BCUT2D eigenvalue weighted by molar-refractivity contribution is -0.147. The van der Waals surface area contributed by atoms with Gasteiger partial charge in [0.25, 0.3) is 0 Å². The van der Waals surface area contributed by atoms with Gasteiger partial charge < -0.3 is 23.1 Å². The van der Waals surface area contributed by atoms with Gasteiger partial charge in [-0.1, -0.05) is 149 Å². The van der Waals surface area contributed by atoms with Crippen molar-refractivity contribution in [2.24, 2.45) is 5.92 Å². The van der Waals surface area contributed by atoms with Gasteiger partial charge >= 0.3 is 5.97 Å². The van der Waals surface area contributed by atoms with Gasteiger partial charge in [-0.3, -0.25) is 4.79 Å². The van der Waals surface area contributed by atoms with Gasteiger partial charge in [0.15, 0.2) is 25.0 Å². The molecule has 0 rings (SSSR count). The van der Waals surface area contributed by atoms with Gasteiger partial charge in [-0.2, -0.15) is 0 Å². The number of hydrogen-bond donors (Lipinski definition) is 1. The topological polar surface area (TPSA) is 74.2 Å². The highest BCUT2D eigenvalue weighted by Gasteiger charge is 2.50. The van der Waals surface area contributed by atoms with E-state index >= 15 is 0 Å². The Morgan fingerprint density at radius 1 is 0.554 bits per heavy atom. The van der Waals surface area contributed by atoms with E-state index in [9.17, 15) is 9.90 Å². The highest BCUT2D eigenvalue weighted by molar-refractivity contribution is 6.75. The van der Waals surface area contributed by atoms with Crippen molar-refractivity contribution in [3.63, 3.8) is 0 Å². The maximum atomic E-state index is 13.0. The Morgan fingerprint density at radius 2 is 0.893 bits per heavy atom. The van der Waals surface area contributed by atoms with E-state index < -0.39 is 43.3 Å². The zero-order chi connectivity index (χ0) is 43.3. The van der Waals surface area contributed by atoms with Crippen molar-refractivity contribution in [2.75, 3.05) is 13.2 Å². The second-order valence-corrected chi connectivity index (χ2v) is 34.2. The predicted octanol–water partition coefficient (Wildman–Crippen LogP) is 13.8. The van der Waals surface area contributed by atoms with Crippen molar-refractivity contribution in [1.82, 2.24) is 0 Å². The lowest BCUT2D eigenvalue weighted by Crippen LogP contribution is -2.60. The van der Waals surface area contributed by atoms with Gasteiger partial charge in [-0.25, -0.2) is 0 Å². The molecule has 324 valence electrons. The van der Waals surface area contributed by atoms with Crippen LogP contribution in [0.3, 0.4) is 0 Å². The molecule has 0 aromatic carbocycles. The summed E-state index contributed by atoms with van der Waals surface area (Å²) in [6.45, 7) is 37.7. The molecule has 0 spiro atoms. The fourth-order valence-electron chi connectivity index (χ4n) is 4.89. The molecule has 0 aromatic rings. The Labute approximate surface area is 349 Å². The Kier molecular flexibility index (Phi) is 25.1. The molecule has 0 aliphatic carbocycles. The number of ether oxygens (including phenoxy) is 1. The third kappa shape index (κ3) is 21.4. The fourth-order valence-corrected chi connectivity index (χ4v) is 8.93. The monoisotopic (exact) mass is 833 g/mol. The number of carbonyl (C=O) groups is 1. The van der Waals surface area contributed by atoms with Crippen LogP contribution in [0.2, 0.25) is 54.4 Å². The van der Waals surface area contributed by atoms with Crippen LogP contribution in [0.15, 0.2) is 72.9 Å². The van der Waals surface area contributed by atoms with Gasteiger partial charge in [0, 0.05) is 12.3 Å². The van der Waals surface area contributed by atoms with Gasteiger partial charge in [-0.05, 0) is 99.3 Å². The average molecular weight is 833 g/mol. The van der Waals surface area contributed by atoms with E-state index in [1.165, 1.54) is 0 Å². The molecule has 0 saturated heterocycles. The van der Waals surface area contributed by atoms with Crippen LogP contribution in [0.5, 0.6) is 0 Å². The minimum atomic E-state index is -2.36. The highest BCUT2D eigenvalue weighted by atomic mass is 28.4. The molecule has 56 heavy (non-hydrogen) atoms. The van der Waals surface area contributed by atoms with Crippen molar-refractivity contribution in [3.05, 3.63) is 72.9 Å². The van der Waals surface area contributed by atoms with Crippen molar-refractivity contribution < 1.29 is 27.9 Å². The summed E-state index contributed by atoms with van der Waals surface area (Å²) in [5, 5.41) is 10.8. The quantitative estimate of drug-likeness (QED) is 0.0532. The van der Waals surface area contributed by atoms with Crippen LogP contribution >= 0.6 is 0 Å². The number of hydrogen-bond acceptors (Lipinski definition) is 6. The molecule has 0 heterocycles. The fraction of sp³-hybridized carbons (Fsp3) is 0.723. The minimum absolute atomic E-state index is 0.0535. The SMILES string of the molecule is CC/C=C\C/C=C\C/C=C\C/C=C\C/C=C\C/C=C\CCC(=O)OC[C@@H](C)[C@@H](O[Si](C)(C)C(C)(C)C)[C@H](O[Si](C)(C)C(C)(C)C)[C@@H](CO)O[Si](C)(C)C(C)(C)C. The van der Waals surface area contributed by atoms with E-state index in [2.05, 4.69) is 188 Å². The molecule has 0 aromatic heterocycles. The van der Waals surface area contributed by atoms with Crippen LogP contribution in [-0.4, -0.2) is 67.6 Å². The second-order valence-electron chi connectivity index (χ2n) is 19.9. The molecule has 4 atom stereocenters. The summed E-state index contributed by atoms with van der Waals surface area (Å²) in [7, 11) is -7.01. The maximum Gasteiger partial charge on any atom is 0.306 e. The summed E-state index contributed by atoms with van der Waals surface area (Å²) >= 11 is 0. The first-order valence-corrected chi connectivity index (χ1v) is 30.2. The molecule has 0 aliphatic rings. The molecule has 0 unspecified atom stereocenters. The third-order valence-electron chi connectivity index (χ3n) is 11.8. The average Bonchev–Trinajstić information content (AvgIpc) is 3.07. The highest BCUT2D eigenvalue weighted by Crippen LogP contribution is 2.44. The smallest absolute Gasteiger partial charge is 0.306 e. The lowest BCUT2D eigenvalue weighted by Gasteiger charge is -2.50. The lowest BCUT2D eigenvalue weighted by atomic mass is 9.97. The van der Waals surface area contributed by atoms with Crippen molar-refractivity contribution in [3.8, 4) is 0 Å². The first-order chi connectivity index (χ1) is 25.7. The number of rotatable bonds is 26. The summed E-state index contributed by atoms with van der Waals surface area (Å²) in [6, 6.07) is 0. The third-order valence-corrected chi connectivity index (χ3v) is 25.2. The number of aliphatic hydroxyl groups is 1. The molecular weight excluding hydrogens is 745 g/mol. The van der Waals surface area contributed by atoms with Crippen LogP contribution in [0, 0.1) is 5.92 Å². The van der Waals surface area contributed by atoms with E-state index in [4.69, 9.17) is 18.0 Å². The number of allylic oxidation sites excluding steroid dienone is 12. The van der Waals surface area contributed by atoms with Crippen LogP contribution in [-0.2, 0) is 22.8 Å². The first-order valence-electron chi connectivity index (χ1n) is 21.4.